The van der Waals surface area contributed by atoms with Crippen molar-refractivity contribution in [1.29, 1.82) is 0 Å². The Kier molecular flexibility index (Phi) is 3.57. The summed E-state index contributed by atoms with van der Waals surface area (Å²) < 4.78 is 7.64. The Balaban J connectivity index is 2.07. The topological polar surface area (TPSA) is 74.9 Å². The van der Waals surface area contributed by atoms with Gasteiger partial charge in [-0.3, -0.25) is 0 Å². The summed E-state index contributed by atoms with van der Waals surface area (Å²) in [6.45, 7) is -0.352. The minimum Gasteiger partial charge on any atom is -0.394 e. The van der Waals surface area contributed by atoms with Crippen LogP contribution in [0.15, 0.2) is 36.5 Å². The van der Waals surface area contributed by atoms with Crippen LogP contribution in [0.1, 0.15) is 6.23 Å². The van der Waals surface area contributed by atoms with E-state index in [4.69, 9.17) is 22.1 Å². The van der Waals surface area contributed by atoms with E-state index in [1.165, 1.54) is 0 Å². The Bertz CT molecular complexity index is 686. The van der Waals surface area contributed by atoms with Crippen LogP contribution in [0.25, 0.3) is 10.8 Å². The first-order valence-electron chi connectivity index (χ1n) is 6.36. The molecular weight excluding hydrogens is 278 g/mol. The van der Waals surface area contributed by atoms with Crippen LogP contribution in [0, 0.1) is 4.64 Å². The van der Waals surface area contributed by atoms with Gasteiger partial charge in [0.1, 0.15) is 23.0 Å². The number of aliphatic hydroxyl groups is 3. The molecule has 106 valence electrons. The fourth-order valence-electron chi connectivity index (χ4n) is 2.51. The maximum atomic E-state index is 10.1. The van der Waals surface area contributed by atoms with Gasteiger partial charge in [0.15, 0.2) is 6.23 Å². The summed E-state index contributed by atoms with van der Waals surface area (Å²) in [4.78, 5) is 0. The summed E-state index contributed by atoms with van der Waals surface area (Å²) in [5.74, 6) is 0. The van der Waals surface area contributed by atoms with Gasteiger partial charge in [0, 0.05) is 11.6 Å². The molecule has 20 heavy (non-hydrogen) atoms. The highest BCUT2D eigenvalue weighted by Crippen LogP contribution is 2.30. The van der Waals surface area contributed by atoms with E-state index in [1.54, 1.807) is 10.8 Å². The average molecular weight is 293 g/mol. The maximum absolute atomic E-state index is 10.1. The quantitative estimate of drug-likeness (QED) is 0.720. The molecule has 0 saturated carbocycles. The third-order valence-corrected chi connectivity index (χ3v) is 4.06. The molecule has 0 amide bonds. The molecule has 0 radical (unpaired) electrons. The van der Waals surface area contributed by atoms with E-state index in [1.807, 2.05) is 30.3 Å². The van der Waals surface area contributed by atoms with Gasteiger partial charge in [-0.2, -0.15) is 0 Å². The second kappa shape index (κ2) is 5.23. The minimum absolute atomic E-state index is 0.352. The van der Waals surface area contributed by atoms with Crippen LogP contribution in [0.4, 0.5) is 0 Å². The Hall–Kier alpha value is -1.31. The molecule has 1 aromatic carbocycles. The molecule has 1 fully saturated rings. The molecular formula is C14H15NO4S. The van der Waals surface area contributed by atoms with Crippen molar-refractivity contribution in [2.24, 2.45) is 0 Å². The number of aromatic nitrogens is 1. The average Bonchev–Trinajstić information content (AvgIpc) is 2.76. The monoisotopic (exact) mass is 293 g/mol. The molecule has 5 nitrogen and oxygen atoms in total. The number of fused-ring (bicyclic) bond motifs is 1. The molecule has 6 heteroatoms. The molecule has 0 unspecified atom stereocenters. The number of hydrogen-bond acceptors (Lipinski definition) is 5. The van der Waals surface area contributed by atoms with Gasteiger partial charge in [-0.05, 0) is 11.5 Å². The van der Waals surface area contributed by atoms with Crippen LogP contribution >= 0.6 is 12.2 Å². The van der Waals surface area contributed by atoms with Gasteiger partial charge in [-0.1, -0.05) is 36.5 Å². The summed E-state index contributed by atoms with van der Waals surface area (Å²) in [5.41, 5.74) is 0. The van der Waals surface area contributed by atoms with E-state index in [2.05, 4.69) is 0 Å². The van der Waals surface area contributed by atoms with Gasteiger partial charge in [-0.15, -0.1) is 0 Å². The first-order valence-corrected chi connectivity index (χ1v) is 6.76. The first-order chi connectivity index (χ1) is 9.63. The first kappa shape index (κ1) is 13.7. The van der Waals surface area contributed by atoms with Crippen molar-refractivity contribution < 1.29 is 20.1 Å². The molecule has 3 N–H and O–H groups in total. The molecule has 1 aromatic heterocycles. The molecule has 4 atom stereocenters. The van der Waals surface area contributed by atoms with Crippen LogP contribution in [-0.2, 0) is 4.74 Å². The predicted molar refractivity (Wildman–Crippen MR) is 75.8 cm³/mol. The van der Waals surface area contributed by atoms with E-state index in [-0.39, 0.29) is 6.61 Å². The number of hydrogen-bond donors (Lipinski definition) is 3. The molecule has 0 spiro atoms. The van der Waals surface area contributed by atoms with Crippen molar-refractivity contribution in [1.82, 2.24) is 4.57 Å². The number of pyridine rings is 1. The Morgan fingerprint density at radius 3 is 2.60 bits per heavy atom. The predicted octanol–water partition coefficient (Wildman–Crippen LogP) is 0.982. The van der Waals surface area contributed by atoms with Crippen LogP contribution < -0.4 is 0 Å². The molecule has 0 bridgehead atoms. The normalized spacial score (nSPS) is 29.9. The van der Waals surface area contributed by atoms with E-state index in [9.17, 15) is 10.2 Å². The van der Waals surface area contributed by atoms with Crippen molar-refractivity contribution in [2.45, 2.75) is 24.5 Å². The molecule has 2 heterocycles. The van der Waals surface area contributed by atoms with Gasteiger partial charge in [0.25, 0.3) is 0 Å². The largest absolute Gasteiger partial charge is 0.394 e. The summed E-state index contributed by atoms with van der Waals surface area (Å²) >= 11 is 5.42. The standard InChI is InChI=1S/C14H15NO4S/c16-7-10-11(17)12(18)13(19-10)15-6-5-8-3-1-2-4-9(8)14(15)20/h1-6,10-13,16-18H,7H2/t10-,11+,12+,13-/m1/s1. The van der Waals surface area contributed by atoms with Gasteiger partial charge < -0.3 is 24.6 Å². The van der Waals surface area contributed by atoms with Crippen molar-refractivity contribution in [3.63, 3.8) is 0 Å². The van der Waals surface area contributed by atoms with Gasteiger partial charge in [0.05, 0.1) is 6.61 Å². The fourth-order valence-corrected chi connectivity index (χ4v) is 2.87. The molecule has 0 aliphatic carbocycles. The lowest BCUT2D eigenvalue weighted by molar-refractivity contribution is -0.0533. The lowest BCUT2D eigenvalue weighted by Crippen LogP contribution is -2.33. The lowest BCUT2D eigenvalue weighted by Gasteiger charge is -2.19. The Morgan fingerprint density at radius 1 is 1.15 bits per heavy atom. The highest BCUT2D eigenvalue weighted by molar-refractivity contribution is 7.71. The molecule has 3 rings (SSSR count). The minimum atomic E-state index is -1.13. The van der Waals surface area contributed by atoms with Gasteiger partial charge >= 0.3 is 0 Å². The number of ether oxygens (including phenoxy) is 1. The highest BCUT2D eigenvalue weighted by Gasteiger charge is 2.43. The number of nitrogens with zero attached hydrogens (tertiary/aromatic N) is 1. The lowest BCUT2D eigenvalue weighted by atomic mass is 10.1. The van der Waals surface area contributed by atoms with Crippen LogP contribution in [0.2, 0.25) is 0 Å². The molecule has 1 aliphatic rings. The van der Waals surface area contributed by atoms with Crippen LogP contribution in [0.3, 0.4) is 0 Å². The zero-order valence-electron chi connectivity index (χ0n) is 10.6. The second-order valence-corrected chi connectivity index (χ2v) is 5.23. The van der Waals surface area contributed by atoms with E-state index >= 15 is 0 Å². The highest BCUT2D eigenvalue weighted by atomic mass is 32.1. The zero-order valence-corrected chi connectivity index (χ0v) is 11.4. The van der Waals surface area contributed by atoms with Crippen molar-refractivity contribution in [3.8, 4) is 0 Å². The number of benzene rings is 1. The van der Waals surface area contributed by atoms with Gasteiger partial charge in [-0.25, -0.2) is 0 Å². The summed E-state index contributed by atoms with van der Waals surface area (Å²) in [7, 11) is 0. The summed E-state index contributed by atoms with van der Waals surface area (Å²) in [6, 6.07) is 9.54. The number of aliphatic hydroxyl groups excluding tert-OH is 3. The smallest absolute Gasteiger partial charge is 0.163 e. The molecule has 1 aliphatic heterocycles. The third-order valence-electron chi connectivity index (χ3n) is 3.63. The zero-order chi connectivity index (χ0) is 14.3. The van der Waals surface area contributed by atoms with Crippen LogP contribution in [-0.4, -0.2) is 44.8 Å². The van der Waals surface area contributed by atoms with Gasteiger partial charge in [0.2, 0.25) is 0 Å². The molecule has 1 saturated heterocycles. The van der Waals surface area contributed by atoms with Crippen molar-refractivity contribution in [3.05, 3.63) is 41.2 Å². The number of rotatable bonds is 2. The Labute approximate surface area is 120 Å². The van der Waals surface area contributed by atoms with E-state index in [0.717, 1.165) is 10.8 Å². The van der Waals surface area contributed by atoms with Crippen LogP contribution in [0.5, 0.6) is 0 Å². The molecule has 2 aromatic rings. The fraction of sp³-hybridized carbons (Fsp3) is 0.357. The van der Waals surface area contributed by atoms with Crippen molar-refractivity contribution >= 4 is 23.0 Å². The summed E-state index contributed by atoms with van der Waals surface area (Å²) in [5, 5.41) is 30.9. The summed E-state index contributed by atoms with van der Waals surface area (Å²) in [6.07, 6.45) is -2.12. The maximum Gasteiger partial charge on any atom is 0.163 e. The second-order valence-electron chi connectivity index (χ2n) is 4.84. The van der Waals surface area contributed by atoms with E-state index < -0.39 is 24.5 Å². The Morgan fingerprint density at radius 2 is 1.90 bits per heavy atom. The third kappa shape index (κ3) is 2.06. The SMILES string of the molecule is OC[C@H]1O[C@@H](n2ccc3ccccc3c2=S)[C@@H](O)[C@H]1O. The van der Waals surface area contributed by atoms with Crippen molar-refractivity contribution in [2.75, 3.05) is 6.61 Å². The van der Waals surface area contributed by atoms with E-state index in [0.29, 0.717) is 4.64 Å².